The van der Waals surface area contributed by atoms with Crippen LogP contribution in [-0.4, -0.2) is 23.8 Å². The van der Waals surface area contributed by atoms with Gasteiger partial charge in [-0.2, -0.15) is 0 Å². The van der Waals surface area contributed by atoms with E-state index in [-0.39, 0.29) is 5.91 Å². The highest BCUT2D eigenvalue weighted by Crippen LogP contribution is 2.18. The zero-order chi connectivity index (χ0) is 14.7. The Balaban J connectivity index is 1.93. The molecule has 0 saturated carbocycles. The van der Waals surface area contributed by atoms with E-state index < -0.39 is 0 Å². The van der Waals surface area contributed by atoms with Crippen LogP contribution in [0.4, 0.5) is 0 Å². The van der Waals surface area contributed by atoms with Crippen molar-refractivity contribution in [1.29, 1.82) is 0 Å². The first-order chi connectivity index (χ1) is 10.3. The van der Waals surface area contributed by atoms with Gasteiger partial charge in [0.15, 0.2) is 0 Å². The summed E-state index contributed by atoms with van der Waals surface area (Å²) in [5.74, 6) is 1.03. The van der Waals surface area contributed by atoms with Crippen LogP contribution in [0, 0.1) is 0 Å². The number of carbonyl (C=O) groups excluding carboxylic acids is 1. The molecule has 0 spiro atoms. The van der Waals surface area contributed by atoms with E-state index in [0.717, 1.165) is 16.9 Å². The van der Waals surface area contributed by atoms with Crippen LogP contribution in [0.3, 0.4) is 0 Å². The Kier molecular flexibility index (Phi) is 3.47. The van der Waals surface area contributed by atoms with Crippen LogP contribution in [0.5, 0.6) is 5.75 Å². The number of nitrogens with zero attached hydrogens (tertiary/aromatic N) is 2. The van der Waals surface area contributed by atoms with Crippen LogP contribution >= 0.6 is 0 Å². The maximum atomic E-state index is 12.0. The summed E-state index contributed by atoms with van der Waals surface area (Å²) in [6, 6.07) is 11.0. The Labute approximate surface area is 122 Å². The molecular weight excluding hydrogens is 266 g/mol. The summed E-state index contributed by atoms with van der Waals surface area (Å²) >= 11 is 0. The second kappa shape index (κ2) is 5.58. The third-order valence-electron chi connectivity index (χ3n) is 3.05. The fraction of sp³-hybridized carbons (Fsp3) is 0.0625. The van der Waals surface area contributed by atoms with Gasteiger partial charge in [-0.05, 0) is 35.9 Å². The van der Waals surface area contributed by atoms with Crippen molar-refractivity contribution in [3.8, 4) is 5.75 Å². The molecule has 2 aromatic rings. The first kappa shape index (κ1) is 13.1. The third-order valence-corrected chi connectivity index (χ3v) is 3.05. The second-order valence-corrected chi connectivity index (χ2v) is 4.46. The van der Waals surface area contributed by atoms with E-state index in [1.165, 1.54) is 0 Å². The monoisotopic (exact) mass is 279 g/mol. The molecule has 1 N–H and O–H groups in total. The van der Waals surface area contributed by atoms with Crippen molar-refractivity contribution in [3.63, 3.8) is 0 Å². The minimum atomic E-state index is -0.218. The molecule has 5 heteroatoms. The number of aliphatic imine (C=N–C) groups is 1. The number of amides is 1. The molecule has 1 amide bonds. The quantitative estimate of drug-likeness (QED) is 0.874. The average Bonchev–Trinajstić information content (AvgIpc) is 2.89. The van der Waals surface area contributed by atoms with Crippen molar-refractivity contribution in [2.75, 3.05) is 7.11 Å². The average molecular weight is 279 g/mol. The van der Waals surface area contributed by atoms with E-state index in [9.17, 15) is 4.79 Å². The summed E-state index contributed by atoms with van der Waals surface area (Å²) in [5.41, 5.74) is 2.06. The van der Waals surface area contributed by atoms with E-state index >= 15 is 0 Å². The summed E-state index contributed by atoms with van der Waals surface area (Å²) in [6.07, 6.45) is 5.07. The van der Waals surface area contributed by atoms with E-state index in [1.807, 2.05) is 36.4 Å². The van der Waals surface area contributed by atoms with Gasteiger partial charge in [-0.3, -0.25) is 9.78 Å². The van der Waals surface area contributed by atoms with E-state index in [0.29, 0.717) is 11.5 Å². The van der Waals surface area contributed by atoms with Crippen LogP contribution in [0.1, 0.15) is 11.1 Å². The number of aromatic nitrogens is 1. The summed E-state index contributed by atoms with van der Waals surface area (Å²) in [7, 11) is 1.60. The van der Waals surface area contributed by atoms with Gasteiger partial charge in [0.1, 0.15) is 17.3 Å². The lowest BCUT2D eigenvalue weighted by Gasteiger charge is -2.03. The molecule has 0 radical (unpaired) electrons. The molecule has 3 rings (SSSR count). The molecule has 1 aliphatic heterocycles. The maximum absolute atomic E-state index is 12.0. The Morgan fingerprint density at radius 2 is 2.00 bits per heavy atom. The van der Waals surface area contributed by atoms with Crippen LogP contribution < -0.4 is 10.1 Å². The number of carbonyl (C=O) groups is 1. The lowest BCUT2D eigenvalue weighted by Crippen LogP contribution is -2.24. The van der Waals surface area contributed by atoms with E-state index in [4.69, 9.17) is 4.74 Å². The number of methoxy groups -OCH3 is 1. The first-order valence-corrected chi connectivity index (χ1v) is 6.42. The highest BCUT2D eigenvalue weighted by molar-refractivity contribution is 6.19. The lowest BCUT2D eigenvalue weighted by molar-refractivity contribution is -0.115. The Morgan fingerprint density at radius 1 is 1.19 bits per heavy atom. The highest BCUT2D eigenvalue weighted by Gasteiger charge is 2.21. The fourth-order valence-electron chi connectivity index (χ4n) is 1.99. The molecule has 104 valence electrons. The van der Waals surface area contributed by atoms with Crippen molar-refractivity contribution in [1.82, 2.24) is 10.3 Å². The Bertz CT molecular complexity index is 736. The third kappa shape index (κ3) is 2.81. The summed E-state index contributed by atoms with van der Waals surface area (Å²) in [5, 5.41) is 2.76. The smallest absolute Gasteiger partial charge is 0.275 e. The molecule has 0 aliphatic carbocycles. The van der Waals surface area contributed by atoms with E-state index in [1.54, 1.807) is 25.6 Å². The van der Waals surface area contributed by atoms with Crippen LogP contribution in [-0.2, 0) is 4.79 Å². The summed E-state index contributed by atoms with van der Waals surface area (Å²) in [6.45, 7) is 0. The van der Waals surface area contributed by atoms with Gasteiger partial charge >= 0.3 is 0 Å². The number of rotatable bonds is 3. The molecular formula is C16H13N3O2. The van der Waals surface area contributed by atoms with Gasteiger partial charge in [0, 0.05) is 18.0 Å². The highest BCUT2D eigenvalue weighted by atomic mass is 16.5. The molecule has 0 saturated heterocycles. The normalized spacial score (nSPS) is 15.8. The zero-order valence-electron chi connectivity index (χ0n) is 11.4. The van der Waals surface area contributed by atoms with Crippen molar-refractivity contribution >= 4 is 17.8 Å². The predicted octanol–water partition coefficient (Wildman–Crippen LogP) is 2.01. The maximum Gasteiger partial charge on any atom is 0.275 e. The van der Waals surface area contributed by atoms with Crippen molar-refractivity contribution < 1.29 is 9.53 Å². The second-order valence-electron chi connectivity index (χ2n) is 4.46. The predicted molar refractivity (Wildman–Crippen MR) is 79.9 cm³/mol. The lowest BCUT2D eigenvalue weighted by atomic mass is 10.2. The Hall–Kier alpha value is -2.95. The number of benzene rings is 1. The molecule has 0 bridgehead atoms. The van der Waals surface area contributed by atoms with Gasteiger partial charge in [-0.25, -0.2) is 4.99 Å². The number of pyridine rings is 1. The molecule has 1 aliphatic rings. The van der Waals surface area contributed by atoms with Gasteiger partial charge in [-0.1, -0.05) is 12.1 Å². The number of amidine groups is 1. The van der Waals surface area contributed by atoms with Gasteiger partial charge < -0.3 is 10.1 Å². The van der Waals surface area contributed by atoms with Crippen molar-refractivity contribution in [2.45, 2.75) is 0 Å². The topological polar surface area (TPSA) is 63.6 Å². The number of hydrogen-bond acceptors (Lipinski definition) is 4. The molecule has 21 heavy (non-hydrogen) atoms. The van der Waals surface area contributed by atoms with Crippen LogP contribution in [0.15, 0.2) is 59.5 Å². The first-order valence-electron chi connectivity index (χ1n) is 6.42. The number of hydrogen-bond donors (Lipinski definition) is 1. The Morgan fingerprint density at radius 3 is 2.76 bits per heavy atom. The molecule has 0 atom stereocenters. The largest absolute Gasteiger partial charge is 0.497 e. The standard InChI is InChI=1S/C16H13N3O2/c1-21-13-4-2-3-12(10-13)15-18-14(16(20)19-15)9-11-5-7-17-8-6-11/h2-10H,1H3,(H,18,19,20)/b14-9+. The molecule has 1 aromatic heterocycles. The van der Waals surface area contributed by atoms with E-state index in [2.05, 4.69) is 15.3 Å². The zero-order valence-corrected chi connectivity index (χ0v) is 11.4. The summed E-state index contributed by atoms with van der Waals surface area (Å²) < 4.78 is 5.17. The fourth-order valence-corrected chi connectivity index (χ4v) is 1.99. The number of ether oxygens (including phenoxy) is 1. The minimum Gasteiger partial charge on any atom is -0.497 e. The van der Waals surface area contributed by atoms with Gasteiger partial charge in [-0.15, -0.1) is 0 Å². The van der Waals surface area contributed by atoms with Crippen molar-refractivity contribution in [3.05, 3.63) is 65.6 Å². The van der Waals surface area contributed by atoms with Gasteiger partial charge in [0.2, 0.25) is 0 Å². The molecule has 2 heterocycles. The molecule has 0 unspecified atom stereocenters. The summed E-state index contributed by atoms with van der Waals surface area (Å²) in [4.78, 5) is 20.3. The van der Waals surface area contributed by atoms with Crippen molar-refractivity contribution in [2.24, 2.45) is 4.99 Å². The van der Waals surface area contributed by atoms with Gasteiger partial charge in [0.25, 0.3) is 5.91 Å². The van der Waals surface area contributed by atoms with Gasteiger partial charge in [0.05, 0.1) is 7.11 Å². The SMILES string of the molecule is COc1cccc(C2=N/C(=C/c3ccncc3)C(=O)N2)c1. The van der Waals surface area contributed by atoms with Crippen LogP contribution in [0.2, 0.25) is 0 Å². The minimum absolute atomic E-state index is 0.218. The molecule has 1 aromatic carbocycles. The number of nitrogens with one attached hydrogen (secondary N) is 1. The van der Waals surface area contributed by atoms with Crippen LogP contribution in [0.25, 0.3) is 6.08 Å². The molecule has 5 nitrogen and oxygen atoms in total. The molecule has 0 fully saturated rings.